The summed E-state index contributed by atoms with van der Waals surface area (Å²) in [6.07, 6.45) is 9.35. The van der Waals surface area contributed by atoms with E-state index in [0.29, 0.717) is 5.69 Å². The zero-order valence-electron chi connectivity index (χ0n) is 17.3. The number of imidazole rings is 1. The third-order valence-electron chi connectivity index (χ3n) is 5.61. The molecule has 0 spiro atoms. The highest BCUT2D eigenvalue weighted by Crippen LogP contribution is 2.27. The van der Waals surface area contributed by atoms with Gasteiger partial charge in [0, 0.05) is 35.9 Å². The van der Waals surface area contributed by atoms with Crippen LogP contribution in [-0.4, -0.2) is 39.6 Å². The van der Waals surface area contributed by atoms with E-state index in [4.69, 9.17) is 5.73 Å². The summed E-state index contributed by atoms with van der Waals surface area (Å²) in [6.45, 7) is 0. The molecular weight excluding hydrogens is 397 g/mol. The highest BCUT2D eigenvalue weighted by Gasteiger charge is 2.26. The van der Waals surface area contributed by atoms with Crippen molar-refractivity contribution in [1.82, 2.24) is 19.9 Å². The lowest BCUT2D eigenvalue weighted by Crippen LogP contribution is -2.45. The molecule has 0 saturated heterocycles. The van der Waals surface area contributed by atoms with Crippen molar-refractivity contribution < 1.29 is 9.18 Å². The number of nitrogens with two attached hydrogens (primary N) is 1. The van der Waals surface area contributed by atoms with E-state index in [2.05, 4.69) is 25.9 Å². The molecule has 3 aromatic rings. The van der Waals surface area contributed by atoms with Crippen LogP contribution in [0.1, 0.15) is 36.0 Å². The fourth-order valence-corrected chi connectivity index (χ4v) is 3.99. The first-order valence-electron chi connectivity index (χ1n) is 10.3. The van der Waals surface area contributed by atoms with Crippen LogP contribution in [0.4, 0.5) is 21.7 Å². The number of nitrogens with one attached hydrogen (secondary N) is 3. The number of carbonyl (C=O) groups excluding carboxylic acids is 1. The minimum Gasteiger partial charge on any atom is -0.365 e. The first kappa shape index (κ1) is 20.8. The Morgan fingerprint density at radius 1 is 1.19 bits per heavy atom. The molecule has 1 aliphatic carbocycles. The number of pyridine rings is 1. The van der Waals surface area contributed by atoms with E-state index >= 15 is 0 Å². The first-order valence-corrected chi connectivity index (χ1v) is 10.3. The molecule has 0 aliphatic heterocycles. The van der Waals surface area contributed by atoms with E-state index in [9.17, 15) is 9.18 Å². The van der Waals surface area contributed by atoms with Crippen LogP contribution in [-0.2, 0) is 0 Å². The van der Waals surface area contributed by atoms with Crippen LogP contribution >= 0.6 is 0 Å². The molecule has 5 N–H and O–H groups in total. The van der Waals surface area contributed by atoms with Gasteiger partial charge in [-0.25, -0.2) is 14.4 Å². The van der Waals surface area contributed by atoms with E-state index in [1.54, 1.807) is 12.5 Å². The van der Waals surface area contributed by atoms with Crippen molar-refractivity contribution in [3.8, 4) is 5.69 Å². The Labute approximate surface area is 180 Å². The molecule has 1 amide bonds. The Morgan fingerprint density at radius 3 is 2.71 bits per heavy atom. The van der Waals surface area contributed by atoms with Gasteiger partial charge >= 0.3 is 0 Å². The number of hydrogen-bond acceptors (Lipinski definition) is 6. The maximum Gasteiger partial charge on any atom is 0.252 e. The number of anilines is 3. The van der Waals surface area contributed by atoms with Gasteiger partial charge in [-0.2, -0.15) is 0 Å². The second kappa shape index (κ2) is 9.13. The monoisotopic (exact) mass is 423 g/mol. The van der Waals surface area contributed by atoms with Gasteiger partial charge in [-0.15, -0.1) is 0 Å². The molecule has 0 unspecified atom stereocenters. The van der Waals surface area contributed by atoms with Gasteiger partial charge < -0.3 is 26.3 Å². The average Bonchev–Trinajstić information content (AvgIpc) is 3.31. The van der Waals surface area contributed by atoms with Crippen molar-refractivity contribution in [2.75, 3.05) is 17.7 Å². The van der Waals surface area contributed by atoms with E-state index in [1.807, 2.05) is 42.1 Å². The number of benzene rings is 1. The minimum absolute atomic E-state index is 0.00936. The Balaban J connectivity index is 1.64. The number of primary amides is 1. The van der Waals surface area contributed by atoms with Crippen LogP contribution in [0.3, 0.4) is 0 Å². The molecule has 2 atom stereocenters. The van der Waals surface area contributed by atoms with Crippen molar-refractivity contribution in [3.05, 3.63) is 60.4 Å². The largest absolute Gasteiger partial charge is 0.365 e. The van der Waals surface area contributed by atoms with Crippen molar-refractivity contribution in [2.45, 2.75) is 37.8 Å². The molecule has 2 aromatic heterocycles. The SMILES string of the molecule is CN[C@H]1CCCC[C@H]1Nc1nc(Nc2cccc(-n3ccnc3)c2)c(C(N)=O)cc1F. The molecule has 31 heavy (non-hydrogen) atoms. The lowest BCUT2D eigenvalue weighted by molar-refractivity contribution is 0.100. The quantitative estimate of drug-likeness (QED) is 0.465. The molecule has 1 saturated carbocycles. The molecule has 8 nitrogen and oxygen atoms in total. The maximum absolute atomic E-state index is 14.8. The zero-order chi connectivity index (χ0) is 21.8. The fourth-order valence-electron chi connectivity index (χ4n) is 3.99. The molecule has 1 aliphatic rings. The van der Waals surface area contributed by atoms with Crippen LogP contribution in [0.15, 0.2) is 49.1 Å². The summed E-state index contributed by atoms with van der Waals surface area (Å²) in [5.41, 5.74) is 7.05. The predicted molar refractivity (Wildman–Crippen MR) is 118 cm³/mol. The number of hydrogen-bond donors (Lipinski definition) is 4. The first-order chi connectivity index (χ1) is 15.0. The fraction of sp³-hybridized carbons (Fsp3) is 0.318. The normalized spacial score (nSPS) is 18.5. The standard InChI is InChI=1S/C22H26FN7O/c1-25-18-7-2-3-8-19(18)28-22-17(23)12-16(20(24)31)21(29-22)27-14-5-4-6-15(11-14)30-10-9-26-13-30/h4-6,9-13,18-19,25H,2-3,7-8H2,1H3,(H2,24,31)(H2,27,28,29)/t18-,19+/m0/s1. The van der Waals surface area contributed by atoms with Crippen LogP contribution in [0.2, 0.25) is 0 Å². The van der Waals surface area contributed by atoms with Gasteiger partial charge in [0.15, 0.2) is 11.6 Å². The lowest BCUT2D eigenvalue weighted by Gasteiger charge is -2.32. The van der Waals surface area contributed by atoms with E-state index in [1.165, 1.54) is 0 Å². The molecule has 4 rings (SSSR count). The molecule has 1 aromatic carbocycles. The van der Waals surface area contributed by atoms with Gasteiger partial charge in [-0.1, -0.05) is 18.9 Å². The van der Waals surface area contributed by atoms with Crippen LogP contribution in [0.5, 0.6) is 0 Å². The van der Waals surface area contributed by atoms with Gasteiger partial charge in [0.05, 0.1) is 11.9 Å². The number of amides is 1. The molecule has 162 valence electrons. The van der Waals surface area contributed by atoms with Gasteiger partial charge in [0.2, 0.25) is 0 Å². The molecular formula is C22H26FN7O. The van der Waals surface area contributed by atoms with Gasteiger partial charge in [0.25, 0.3) is 5.91 Å². The van der Waals surface area contributed by atoms with E-state index < -0.39 is 11.7 Å². The summed E-state index contributed by atoms with van der Waals surface area (Å²) in [7, 11) is 1.91. The second-order valence-corrected chi connectivity index (χ2v) is 7.65. The van der Waals surface area contributed by atoms with Crippen molar-refractivity contribution >= 4 is 23.2 Å². The van der Waals surface area contributed by atoms with Crippen LogP contribution in [0.25, 0.3) is 5.69 Å². The van der Waals surface area contributed by atoms with Gasteiger partial charge in [-0.3, -0.25) is 4.79 Å². The summed E-state index contributed by atoms with van der Waals surface area (Å²) >= 11 is 0. The smallest absolute Gasteiger partial charge is 0.252 e. The minimum atomic E-state index is -0.753. The Hall–Kier alpha value is -3.46. The Morgan fingerprint density at radius 2 is 2.00 bits per heavy atom. The zero-order valence-corrected chi connectivity index (χ0v) is 17.3. The van der Waals surface area contributed by atoms with E-state index in [0.717, 1.165) is 37.4 Å². The van der Waals surface area contributed by atoms with Gasteiger partial charge in [0.1, 0.15) is 5.82 Å². The second-order valence-electron chi connectivity index (χ2n) is 7.65. The number of nitrogens with zero attached hydrogens (tertiary/aromatic N) is 3. The van der Waals surface area contributed by atoms with Crippen LogP contribution < -0.4 is 21.7 Å². The van der Waals surface area contributed by atoms with Crippen molar-refractivity contribution in [2.24, 2.45) is 5.73 Å². The third kappa shape index (κ3) is 4.66. The summed E-state index contributed by atoms with van der Waals surface area (Å²) < 4.78 is 16.6. The number of carbonyl (C=O) groups is 1. The Kier molecular flexibility index (Phi) is 6.13. The lowest BCUT2D eigenvalue weighted by atomic mass is 9.90. The molecule has 0 radical (unpaired) electrons. The maximum atomic E-state index is 14.8. The topological polar surface area (TPSA) is 110 Å². The third-order valence-corrected chi connectivity index (χ3v) is 5.61. The summed E-state index contributed by atoms with van der Waals surface area (Å²) in [6, 6.07) is 8.92. The molecule has 0 bridgehead atoms. The average molecular weight is 423 g/mol. The summed E-state index contributed by atoms with van der Waals surface area (Å²) in [5, 5.41) is 9.63. The van der Waals surface area contributed by atoms with Gasteiger partial charge in [-0.05, 0) is 44.2 Å². The number of rotatable bonds is 7. The number of likely N-dealkylation sites (N-methyl/N-ethyl adjacent to an activating group) is 1. The van der Waals surface area contributed by atoms with Crippen LogP contribution in [0, 0.1) is 5.82 Å². The highest BCUT2D eigenvalue weighted by atomic mass is 19.1. The summed E-state index contributed by atoms with van der Waals surface area (Å²) in [5.74, 6) is -1.05. The molecule has 1 fully saturated rings. The van der Waals surface area contributed by atoms with Crippen molar-refractivity contribution in [1.29, 1.82) is 0 Å². The number of halogens is 1. The highest BCUT2D eigenvalue weighted by molar-refractivity contribution is 5.98. The Bertz CT molecular complexity index is 1050. The van der Waals surface area contributed by atoms with E-state index in [-0.39, 0.29) is 29.3 Å². The molecule has 9 heteroatoms. The molecule has 2 heterocycles. The van der Waals surface area contributed by atoms with Crippen molar-refractivity contribution in [3.63, 3.8) is 0 Å². The number of aromatic nitrogens is 3. The predicted octanol–water partition coefficient (Wildman–Crippen LogP) is 3.19. The summed E-state index contributed by atoms with van der Waals surface area (Å²) in [4.78, 5) is 20.4.